The minimum absolute atomic E-state index is 0.141. The number of hydrogen-bond acceptors (Lipinski definition) is 7. The van der Waals surface area contributed by atoms with Crippen LogP contribution < -0.4 is 11.1 Å². The van der Waals surface area contributed by atoms with Crippen molar-refractivity contribution in [1.82, 2.24) is 20.7 Å². The minimum Gasteiger partial charge on any atom is -0.379 e. The monoisotopic (exact) mass is 301 g/mol. The van der Waals surface area contributed by atoms with Crippen molar-refractivity contribution in [3.8, 4) is 0 Å². The SMILES string of the molecule is CNC(=O)CC(N)OCCOCCOCCc1cn[nH]n1. The third kappa shape index (κ3) is 9.08. The van der Waals surface area contributed by atoms with E-state index in [2.05, 4.69) is 20.7 Å². The Labute approximate surface area is 123 Å². The molecule has 0 bridgehead atoms. The van der Waals surface area contributed by atoms with Gasteiger partial charge >= 0.3 is 0 Å². The molecule has 21 heavy (non-hydrogen) atoms. The summed E-state index contributed by atoms with van der Waals surface area (Å²) >= 11 is 0. The fraction of sp³-hybridized carbons (Fsp3) is 0.750. The number of amides is 1. The van der Waals surface area contributed by atoms with Crippen molar-refractivity contribution in [3.05, 3.63) is 11.9 Å². The van der Waals surface area contributed by atoms with E-state index >= 15 is 0 Å². The molecule has 0 aromatic carbocycles. The molecule has 0 aliphatic rings. The molecule has 0 aliphatic heterocycles. The van der Waals surface area contributed by atoms with E-state index in [0.717, 1.165) is 5.69 Å². The van der Waals surface area contributed by atoms with Gasteiger partial charge in [-0.3, -0.25) is 4.79 Å². The Morgan fingerprint density at radius 2 is 2.05 bits per heavy atom. The predicted molar refractivity (Wildman–Crippen MR) is 74.3 cm³/mol. The Bertz CT molecular complexity index is 374. The molecule has 1 atom stereocenters. The van der Waals surface area contributed by atoms with Gasteiger partial charge < -0.3 is 25.3 Å². The second-order valence-electron chi connectivity index (χ2n) is 4.22. The maximum absolute atomic E-state index is 11.0. The van der Waals surface area contributed by atoms with E-state index in [1.807, 2.05) is 0 Å². The molecular formula is C12H23N5O4. The lowest BCUT2D eigenvalue weighted by Crippen LogP contribution is -2.32. The number of aromatic amines is 1. The van der Waals surface area contributed by atoms with Gasteiger partial charge in [0.2, 0.25) is 5.91 Å². The van der Waals surface area contributed by atoms with Gasteiger partial charge in [-0.15, -0.1) is 0 Å². The van der Waals surface area contributed by atoms with E-state index < -0.39 is 6.23 Å². The number of aromatic nitrogens is 3. The number of nitrogens with zero attached hydrogens (tertiary/aromatic N) is 2. The topological polar surface area (TPSA) is 124 Å². The van der Waals surface area contributed by atoms with Crippen LogP contribution in [0.4, 0.5) is 0 Å². The number of carbonyl (C=O) groups excluding carboxylic acids is 1. The van der Waals surface area contributed by atoms with Crippen LogP contribution in [-0.2, 0) is 25.4 Å². The summed E-state index contributed by atoms with van der Waals surface area (Å²) in [4.78, 5) is 11.0. The van der Waals surface area contributed by atoms with Crippen molar-refractivity contribution in [1.29, 1.82) is 0 Å². The molecule has 9 heteroatoms. The molecular weight excluding hydrogens is 278 g/mol. The molecule has 4 N–H and O–H groups in total. The normalized spacial score (nSPS) is 12.3. The van der Waals surface area contributed by atoms with E-state index in [1.165, 1.54) is 0 Å². The summed E-state index contributed by atoms with van der Waals surface area (Å²) in [7, 11) is 1.56. The number of hydrogen-bond donors (Lipinski definition) is 3. The maximum atomic E-state index is 11.0. The third-order valence-electron chi connectivity index (χ3n) is 2.56. The maximum Gasteiger partial charge on any atom is 0.223 e. The highest BCUT2D eigenvalue weighted by Gasteiger charge is 2.07. The molecule has 1 aromatic heterocycles. The number of H-pyrrole nitrogens is 1. The average Bonchev–Trinajstić information content (AvgIpc) is 2.98. The first-order chi connectivity index (χ1) is 10.2. The molecule has 1 amide bonds. The quantitative estimate of drug-likeness (QED) is 0.328. The Kier molecular flexibility index (Phi) is 9.29. The second-order valence-corrected chi connectivity index (χ2v) is 4.22. The van der Waals surface area contributed by atoms with E-state index in [0.29, 0.717) is 39.5 Å². The number of nitrogens with two attached hydrogens (primary N) is 1. The molecule has 9 nitrogen and oxygen atoms in total. The molecule has 1 unspecified atom stereocenters. The molecule has 120 valence electrons. The summed E-state index contributed by atoms with van der Waals surface area (Å²) in [6, 6.07) is 0. The zero-order valence-electron chi connectivity index (χ0n) is 12.2. The Morgan fingerprint density at radius 3 is 2.71 bits per heavy atom. The summed E-state index contributed by atoms with van der Waals surface area (Å²) in [5, 5.41) is 12.6. The number of carbonyl (C=O) groups is 1. The van der Waals surface area contributed by atoms with Crippen LogP contribution in [0.2, 0.25) is 0 Å². The molecule has 0 aliphatic carbocycles. The summed E-state index contributed by atoms with van der Waals surface area (Å²) in [5.74, 6) is -0.149. The van der Waals surface area contributed by atoms with Crippen molar-refractivity contribution < 1.29 is 19.0 Å². The molecule has 1 aromatic rings. The van der Waals surface area contributed by atoms with E-state index in [-0.39, 0.29) is 12.3 Å². The summed E-state index contributed by atoms with van der Waals surface area (Å²) < 4.78 is 15.9. The van der Waals surface area contributed by atoms with Crippen molar-refractivity contribution in [2.75, 3.05) is 40.1 Å². The molecule has 0 radical (unpaired) electrons. The third-order valence-corrected chi connectivity index (χ3v) is 2.56. The fourth-order valence-electron chi connectivity index (χ4n) is 1.45. The van der Waals surface area contributed by atoms with Crippen molar-refractivity contribution in [2.24, 2.45) is 5.73 Å². The summed E-state index contributed by atoms with van der Waals surface area (Å²) in [5.41, 5.74) is 6.47. The summed E-state index contributed by atoms with van der Waals surface area (Å²) in [6.07, 6.45) is 1.92. The number of ether oxygens (including phenoxy) is 3. The number of nitrogens with one attached hydrogen (secondary N) is 2. The Balaban J connectivity index is 1.83. The van der Waals surface area contributed by atoms with E-state index in [4.69, 9.17) is 19.9 Å². The minimum atomic E-state index is -0.604. The second kappa shape index (κ2) is 11.1. The molecule has 0 fully saturated rings. The fourth-order valence-corrected chi connectivity index (χ4v) is 1.45. The first-order valence-electron chi connectivity index (χ1n) is 6.80. The van der Waals surface area contributed by atoms with Crippen LogP contribution in [0.3, 0.4) is 0 Å². The van der Waals surface area contributed by atoms with Crippen molar-refractivity contribution in [2.45, 2.75) is 19.1 Å². The molecule has 0 saturated heterocycles. The lowest BCUT2D eigenvalue weighted by atomic mass is 10.3. The van der Waals surface area contributed by atoms with Gasteiger partial charge in [-0.05, 0) is 0 Å². The molecule has 0 spiro atoms. The number of rotatable bonds is 12. The lowest BCUT2D eigenvalue weighted by Gasteiger charge is -2.12. The highest BCUT2D eigenvalue weighted by molar-refractivity contribution is 5.75. The van der Waals surface area contributed by atoms with Crippen molar-refractivity contribution in [3.63, 3.8) is 0 Å². The highest BCUT2D eigenvalue weighted by atomic mass is 16.5. The largest absolute Gasteiger partial charge is 0.379 e. The molecule has 1 rings (SSSR count). The standard InChI is InChI=1S/C12H23N5O4/c1-14-12(18)8-11(13)21-7-6-20-5-4-19-3-2-10-9-15-17-16-10/h9,11H,2-8,13H2,1H3,(H,14,18)(H,15,16,17). The van der Waals surface area contributed by atoms with Crippen molar-refractivity contribution >= 4 is 5.91 Å². The predicted octanol–water partition coefficient (Wildman–Crippen LogP) is -1.18. The molecule has 1 heterocycles. The van der Waals surface area contributed by atoms with Gasteiger partial charge in [-0.1, -0.05) is 0 Å². The van der Waals surface area contributed by atoms with Crippen LogP contribution in [-0.4, -0.2) is 67.6 Å². The lowest BCUT2D eigenvalue weighted by molar-refractivity contribution is -0.123. The van der Waals surface area contributed by atoms with E-state index in [9.17, 15) is 4.79 Å². The van der Waals surface area contributed by atoms with Crippen LogP contribution in [0.15, 0.2) is 6.20 Å². The zero-order chi connectivity index (χ0) is 15.3. The first kappa shape index (κ1) is 17.5. The highest BCUT2D eigenvalue weighted by Crippen LogP contribution is 1.92. The van der Waals surface area contributed by atoms with Crippen LogP contribution >= 0.6 is 0 Å². The zero-order valence-corrected chi connectivity index (χ0v) is 12.2. The van der Waals surface area contributed by atoms with Gasteiger partial charge in [0.05, 0.1) is 51.3 Å². The van der Waals surface area contributed by atoms with E-state index in [1.54, 1.807) is 13.2 Å². The summed E-state index contributed by atoms with van der Waals surface area (Å²) in [6.45, 7) is 2.31. The van der Waals surface area contributed by atoms with Crippen LogP contribution in [0.25, 0.3) is 0 Å². The smallest absolute Gasteiger partial charge is 0.223 e. The average molecular weight is 301 g/mol. The first-order valence-corrected chi connectivity index (χ1v) is 6.80. The van der Waals surface area contributed by atoms with Gasteiger partial charge in [-0.2, -0.15) is 15.4 Å². The Hall–Kier alpha value is -1.55. The van der Waals surface area contributed by atoms with Gasteiger partial charge in [-0.25, -0.2) is 0 Å². The van der Waals surface area contributed by atoms with Crippen LogP contribution in [0.5, 0.6) is 0 Å². The molecule has 0 saturated carbocycles. The van der Waals surface area contributed by atoms with Gasteiger partial charge in [0, 0.05) is 13.5 Å². The van der Waals surface area contributed by atoms with Crippen LogP contribution in [0.1, 0.15) is 12.1 Å². The van der Waals surface area contributed by atoms with Gasteiger partial charge in [0.25, 0.3) is 0 Å². The van der Waals surface area contributed by atoms with Gasteiger partial charge in [0.1, 0.15) is 6.23 Å². The van der Waals surface area contributed by atoms with Gasteiger partial charge in [0.15, 0.2) is 0 Å². The Morgan fingerprint density at radius 1 is 1.33 bits per heavy atom. The van der Waals surface area contributed by atoms with Crippen LogP contribution in [0, 0.1) is 0 Å².